The Balaban J connectivity index is 2.22. The fourth-order valence-corrected chi connectivity index (χ4v) is 2.16. The van der Waals surface area contributed by atoms with Crippen LogP contribution in [-0.2, 0) is 4.79 Å². The maximum absolute atomic E-state index is 14.3. The Morgan fingerprint density at radius 2 is 1.86 bits per heavy atom. The standard InChI is InChI=1S/C17H11FO4/c1-10(19)21-12-7-8-14-13(9-12)16(20)15(18)17(22-14)11-5-3-2-4-6-11/h2-9H,1H3. The molecular weight excluding hydrogens is 287 g/mol. The fourth-order valence-electron chi connectivity index (χ4n) is 2.16. The van der Waals surface area contributed by atoms with Crippen molar-refractivity contribution in [1.29, 1.82) is 0 Å². The number of fused-ring (bicyclic) bond motifs is 1. The molecule has 1 aromatic heterocycles. The summed E-state index contributed by atoms with van der Waals surface area (Å²) in [7, 11) is 0. The minimum Gasteiger partial charge on any atom is -0.453 e. The number of rotatable bonds is 2. The summed E-state index contributed by atoms with van der Waals surface area (Å²) >= 11 is 0. The number of esters is 1. The Bertz CT molecular complexity index is 913. The van der Waals surface area contributed by atoms with Crippen LogP contribution < -0.4 is 10.2 Å². The Labute approximate surface area is 124 Å². The van der Waals surface area contributed by atoms with E-state index in [1.165, 1.54) is 25.1 Å². The first-order valence-corrected chi connectivity index (χ1v) is 6.56. The minimum atomic E-state index is -0.973. The van der Waals surface area contributed by atoms with Gasteiger partial charge >= 0.3 is 5.97 Å². The van der Waals surface area contributed by atoms with Gasteiger partial charge in [0.1, 0.15) is 11.3 Å². The van der Waals surface area contributed by atoms with E-state index in [9.17, 15) is 14.0 Å². The van der Waals surface area contributed by atoms with E-state index in [0.29, 0.717) is 5.56 Å². The molecule has 0 saturated heterocycles. The zero-order valence-electron chi connectivity index (χ0n) is 11.6. The SMILES string of the molecule is CC(=O)Oc1ccc2oc(-c3ccccc3)c(F)c(=O)c2c1. The van der Waals surface area contributed by atoms with Gasteiger partial charge in [0.25, 0.3) is 0 Å². The lowest BCUT2D eigenvalue weighted by Crippen LogP contribution is -2.09. The van der Waals surface area contributed by atoms with Crippen LogP contribution in [0.25, 0.3) is 22.3 Å². The quantitative estimate of drug-likeness (QED) is 0.536. The number of carbonyl (C=O) groups is 1. The van der Waals surface area contributed by atoms with Gasteiger partial charge in [0.2, 0.25) is 11.2 Å². The largest absolute Gasteiger partial charge is 0.453 e. The van der Waals surface area contributed by atoms with Crippen LogP contribution in [0.3, 0.4) is 0 Å². The molecule has 0 aliphatic heterocycles. The maximum Gasteiger partial charge on any atom is 0.308 e. The molecule has 110 valence electrons. The molecule has 0 saturated carbocycles. The van der Waals surface area contributed by atoms with E-state index in [0.717, 1.165) is 0 Å². The average molecular weight is 298 g/mol. The van der Waals surface area contributed by atoms with Gasteiger partial charge in [0, 0.05) is 12.5 Å². The molecule has 0 N–H and O–H groups in total. The molecule has 1 heterocycles. The second-order valence-electron chi connectivity index (χ2n) is 4.69. The van der Waals surface area contributed by atoms with E-state index in [1.54, 1.807) is 30.3 Å². The molecule has 3 aromatic rings. The van der Waals surface area contributed by atoms with Crippen molar-refractivity contribution in [2.75, 3.05) is 0 Å². The Morgan fingerprint density at radius 3 is 2.55 bits per heavy atom. The van der Waals surface area contributed by atoms with Crippen LogP contribution in [0.2, 0.25) is 0 Å². The molecule has 0 amide bonds. The van der Waals surface area contributed by atoms with E-state index < -0.39 is 17.2 Å². The molecule has 22 heavy (non-hydrogen) atoms. The highest BCUT2D eigenvalue weighted by molar-refractivity contribution is 5.81. The number of carbonyl (C=O) groups excluding carboxylic acids is 1. The normalized spacial score (nSPS) is 10.6. The van der Waals surface area contributed by atoms with E-state index in [1.807, 2.05) is 0 Å². The number of hydrogen-bond donors (Lipinski definition) is 0. The molecule has 4 nitrogen and oxygen atoms in total. The van der Waals surface area contributed by atoms with Crippen molar-refractivity contribution in [2.24, 2.45) is 0 Å². The van der Waals surface area contributed by atoms with Crippen molar-refractivity contribution in [3.63, 3.8) is 0 Å². The van der Waals surface area contributed by atoms with E-state index >= 15 is 0 Å². The second kappa shape index (κ2) is 5.44. The Hall–Kier alpha value is -2.95. The van der Waals surface area contributed by atoms with E-state index in [-0.39, 0.29) is 22.5 Å². The lowest BCUT2D eigenvalue weighted by Gasteiger charge is -2.06. The van der Waals surface area contributed by atoms with Crippen molar-refractivity contribution in [3.05, 3.63) is 64.6 Å². The van der Waals surface area contributed by atoms with Crippen molar-refractivity contribution in [3.8, 4) is 17.1 Å². The predicted octanol–water partition coefficient (Wildman–Crippen LogP) is 3.52. The average Bonchev–Trinajstić information content (AvgIpc) is 2.51. The summed E-state index contributed by atoms with van der Waals surface area (Å²) in [5, 5.41) is 0.0240. The minimum absolute atomic E-state index is 0.0240. The van der Waals surface area contributed by atoms with Crippen LogP contribution in [0.1, 0.15) is 6.92 Å². The molecule has 5 heteroatoms. The third-order valence-corrected chi connectivity index (χ3v) is 3.10. The predicted molar refractivity (Wildman–Crippen MR) is 79.2 cm³/mol. The topological polar surface area (TPSA) is 56.5 Å². The molecule has 0 aliphatic rings. The molecule has 0 bridgehead atoms. The fraction of sp³-hybridized carbons (Fsp3) is 0.0588. The van der Waals surface area contributed by atoms with Crippen LogP contribution in [0, 0.1) is 5.82 Å². The summed E-state index contributed by atoms with van der Waals surface area (Å²) in [4.78, 5) is 23.1. The van der Waals surface area contributed by atoms with Crippen LogP contribution in [0.5, 0.6) is 5.75 Å². The van der Waals surface area contributed by atoms with Crippen LogP contribution >= 0.6 is 0 Å². The third kappa shape index (κ3) is 2.48. The highest BCUT2D eigenvalue weighted by Crippen LogP contribution is 2.26. The number of benzene rings is 2. The molecule has 0 atom stereocenters. The van der Waals surface area contributed by atoms with Gasteiger partial charge in [-0.15, -0.1) is 0 Å². The van der Waals surface area contributed by atoms with Crippen molar-refractivity contribution >= 4 is 16.9 Å². The summed E-state index contributed by atoms with van der Waals surface area (Å²) < 4.78 is 24.7. The first-order valence-electron chi connectivity index (χ1n) is 6.56. The molecule has 0 aliphatic carbocycles. The van der Waals surface area contributed by atoms with Gasteiger partial charge in [-0.05, 0) is 18.2 Å². The van der Waals surface area contributed by atoms with Gasteiger partial charge < -0.3 is 9.15 Å². The molecule has 0 fully saturated rings. The van der Waals surface area contributed by atoms with Crippen molar-refractivity contribution in [1.82, 2.24) is 0 Å². The monoisotopic (exact) mass is 298 g/mol. The summed E-state index contributed by atoms with van der Waals surface area (Å²) in [5.74, 6) is -1.44. The molecule has 0 radical (unpaired) electrons. The summed E-state index contributed by atoms with van der Waals surface area (Å²) in [6, 6.07) is 12.8. The summed E-state index contributed by atoms with van der Waals surface area (Å²) in [6.07, 6.45) is 0. The molecular formula is C17H11FO4. The van der Waals surface area contributed by atoms with E-state index in [2.05, 4.69) is 0 Å². The van der Waals surface area contributed by atoms with Crippen molar-refractivity contribution in [2.45, 2.75) is 6.92 Å². The molecule has 3 rings (SSSR count). The van der Waals surface area contributed by atoms with Crippen LogP contribution in [-0.4, -0.2) is 5.97 Å². The molecule has 0 spiro atoms. The molecule has 0 unspecified atom stereocenters. The molecule has 2 aromatic carbocycles. The van der Waals surface area contributed by atoms with E-state index in [4.69, 9.17) is 9.15 Å². The number of ether oxygens (including phenoxy) is 1. The third-order valence-electron chi connectivity index (χ3n) is 3.10. The zero-order chi connectivity index (χ0) is 15.7. The van der Waals surface area contributed by atoms with Gasteiger partial charge in [-0.3, -0.25) is 9.59 Å². The maximum atomic E-state index is 14.3. The first-order chi connectivity index (χ1) is 10.6. The van der Waals surface area contributed by atoms with Gasteiger partial charge in [0.05, 0.1) is 5.39 Å². The van der Waals surface area contributed by atoms with Crippen LogP contribution in [0.4, 0.5) is 4.39 Å². The Morgan fingerprint density at radius 1 is 1.14 bits per heavy atom. The second-order valence-corrected chi connectivity index (χ2v) is 4.69. The van der Waals surface area contributed by atoms with Gasteiger partial charge in [-0.1, -0.05) is 30.3 Å². The highest BCUT2D eigenvalue weighted by Gasteiger charge is 2.16. The number of hydrogen-bond acceptors (Lipinski definition) is 4. The zero-order valence-corrected chi connectivity index (χ0v) is 11.6. The summed E-state index contributed by atoms with van der Waals surface area (Å²) in [5.41, 5.74) is -0.0988. The lowest BCUT2D eigenvalue weighted by molar-refractivity contribution is -0.131. The summed E-state index contributed by atoms with van der Waals surface area (Å²) in [6.45, 7) is 1.24. The van der Waals surface area contributed by atoms with Gasteiger partial charge in [0.15, 0.2) is 5.76 Å². The highest BCUT2D eigenvalue weighted by atomic mass is 19.1. The smallest absolute Gasteiger partial charge is 0.308 e. The van der Waals surface area contributed by atoms with Crippen molar-refractivity contribution < 1.29 is 18.3 Å². The van der Waals surface area contributed by atoms with Gasteiger partial charge in [-0.2, -0.15) is 4.39 Å². The number of halogens is 1. The lowest BCUT2D eigenvalue weighted by atomic mass is 10.1. The van der Waals surface area contributed by atoms with Gasteiger partial charge in [-0.25, -0.2) is 0 Å². The Kier molecular flexibility index (Phi) is 3.47. The first kappa shape index (κ1) is 14.0. The van der Waals surface area contributed by atoms with Crippen LogP contribution in [0.15, 0.2) is 57.7 Å².